The molecule has 0 radical (unpaired) electrons. The van der Waals surface area contributed by atoms with E-state index in [-0.39, 0.29) is 12.1 Å². The lowest BCUT2D eigenvalue weighted by atomic mass is 9.93. The van der Waals surface area contributed by atoms with Crippen LogP contribution < -0.4 is 5.73 Å². The number of hydrogen-bond acceptors (Lipinski definition) is 2. The maximum absolute atomic E-state index is 6.46. The first-order valence-electron chi connectivity index (χ1n) is 7.60. The maximum atomic E-state index is 6.46. The first-order chi connectivity index (χ1) is 10.1. The molecule has 0 heterocycles. The molecule has 2 aromatic carbocycles. The molecule has 0 aliphatic heterocycles. The summed E-state index contributed by atoms with van der Waals surface area (Å²) in [6.45, 7) is 6.94. The van der Waals surface area contributed by atoms with Crippen LogP contribution in [0.2, 0.25) is 0 Å². The van der Waals surface area contributed by atoms with E-state index in [1.54, 1.807) is 0 Å². The van der Waals surface area contributed by atoms with E-state index >= 15 is 0 Å². The summed E-state index contributed by atoms with van der Waals surface area (Å²) in [5.41, 5.74) is 11.5. The molecule has 2 atom stereocenters. The summed E-state index contributed by atoms with van der Waals surface area (Å²) in [6.07, 6.45) is 0.767. The Hall–Kier alpha value is -1.64. The van der Waals surface area contributed by atoms with Gasteiger partial charge in [0.1, 0.15) is 0 Å². The van der Waals surface area contributed by atoms with Gasteiger partial charge in [-0.25, -0.2) is 0 Å². The Morgan fingerprint density at radius 2 is 1.76 bits per heavy atom. The summed E-state index contributed by atoms with van der Waals surface area (Å²) >= 11 is 0. The van der Waals surface area contributed by atoms with Crippen molar-refractivity contribution in [1.29, 1.82) is 0 Å². The highest BCUT2D eigenvalue weighted by atomic mass is 16.5. The summed E-state index contributed by atoms with van der Waals surface area (Å²) in [6, 6.07) is 16.7. The molecule has 2 N–H and O–H groups in total. The Balaban J connectivity index is 2.19. The smallest absolute Gasteiger partial charge is 0.0978 e. The van der Waals surface area contributed by atoms with Gasteiger partial charge in [0, 0.05) is 12.6 Å². The van der Waals surface area contributed by atoms with Crippen LogP contribution in [0.15, 0.2) is 48.5 Å². The highest BCUT2D eigenvalue weighted by Gasteiger charge is 2.21. The second kappa shape index (κ2) is 7.39. The van der Waals surface area contributed by atoms with Gasteiger partial charge < -0.3 is 10.5 Å². The van der Waals surface area contributed by atoms with Gasteiger partial charge in [-0.15, -0.1) is 0 Å². The zero-order chi connectivity index (χ0) is 15.2. The van der Waals surface area contributed by atoms with Crippen molar-refractivity contribution in [3.63, 3.8) is 0 Å². The summed E-state index contributed by atoms with van der Waals surface area (Å²) in [4.78, 5) is 0. The molecule has 0 saturated carbocycles. The van der Waals surface area contributed by atoms with E-state index in [1.165, 1.54) is 16.7 Å². The third kappa shape index (κ3) is 4.16. The minimum Gasteiger partial charge on any atom is -0.372 e. The van der Waals surface area contributed by atoms with Crippen molar-refractivity contribution in [2.24, 2.45) is 5.73 Å². The Morgan fingerprint density at radius 1 is 1.05 bits per heavy atom. The molecule has 0 saturated heterocycles. The van der Waals surface area contributed by atoms with Crippen LogP contribution in [-0.4, -0.2) is 12.6 Å². The van der Waals surface area contributed by atoms with Crippen LogP contribution in [0.1, 0.15) is 35.3 Å². The Bertz CT molecular complexity index is 565. The normalized spacial score (nSPS) is 13.9. The zero-order valence-corrected chi connectivity index (χ0v) is 13.2. The Kier molecular flexibility index (Phi) is 5.54. The van der Waals surface area contributed by atoms with Crippen LogP contribution in [0.25, 0.3) is 0 Å². The molecule has 0 spiro atoms. The van der Waals surface area contributed by atoms with Crippen LogP contribution in [-0.2, 0) is 11.2 Å². The summed E-state index contributed by atoms with van der Waals surface area (Å²) in [5, 5.41) is 0. The topological polar surface area (TPSA) is 35.2 Å². The van der Waals surface area contributed by atoms with E-state index in [2.05, 4.69) is 44.2 Å². The average molecular weight is 283 g/mol. The van der Waals surface area contributed by atoms with Crippen LogP contribution in [0, 0.1) is 13.8 Å². The van der Waals surface area contributed by atoms with Crippen LogP contribution in [0.4, 0.5) is 0 Å². The van der Waals surface area contributed by atoms with Gasteiger partial charge >= 0.3 is 0 Å². The minimum atomic E-state index is -0.0592. The summed E-state index contributed by atoms with van der Waals surface area (Å²) < 4.78 is 5.91. The zero-order valence-electron chi connectivity index (χ0n) is 13.2. The lowest BCUT2D eigenvalue weighted by Crippen LogP contribution is -2.32. The second-order valence-electron chi connectivity index (χ2n) is 5.58. The molecular weight excluding hydrogens is 258 g/mol. The van der Waals surface area contributed by atoms with Crippen molar-refractivity contribution < 1.29 is 4.74 Å². The van der Waals surface area contributed by atoms with Gasteiger partial charge in [0.25, 0.3) is 0 Å². The van der Waals surface area contributed by atoms with E-state index in [4.69, 9.17) is 10.5 Å². The van der Waals surface area contributed by atoms with Crippen molar-refractivity contribution in [3.05, 3.63) is 70.8 Å². The van der Waals surface area contributed by atoms with Crippen LogP contribution >= 0.6 is 0 Å². The highest BCUT2D eigenvalue weighted by Crippen LogP contribution is 2.23. The molecule has 0 amide bonds. The predicted molar refractivity (Wildman–Crippen MR) is 88.4 cm³/mol. The molecule has 0 aliphatic carbocycles. The largest absolute Gasteiger partial charge is 0.372 e. The number of aryl methyl sites for hydroxylation is 2. The van der Waals surface area contributed by atoms with Crippen molar-refractivity contribution in [2.45, 2.75) is 39.3 Å². The molecule has 112 valence electrons. The third-order valence-corrected chi connectivity index (χ3v) is 3.82. The summed E-state index contributed by atoms with van der Waals surface area (Å²) in [7, 11) is 0. The van der Waals surface area contributed by atoms with Gasteiger partial charge in [0.15, 0.2) is 0 Å². The standard InChI is InChI=1S/C19H25NO/c1-4-21-19(16-8-6-5-7-9-16)18(20)13-17-12-14(2)10-11-15(17)3/h5-12,18-19H,4,13,20H2,1-3H3. The molecule has 21 heavy (non-hydrogen) atoms. The molecule has 0 fully saturated rings. The first kappa shape index (κ1) is 15.7. The Morgan fingerprint density at radius 3 is 2.43 bits per heavy atom. The van der Waals surface area contributed by atoms with E-state index in [1.807, 2.05) is 25.1 Å². The van der Waals surface area contributed by atoms with Gasteiger partial charge in [-0.3, -0.25) is 0 Å². The lowest BCUT2D eigenvalue weighted by Gasteiger charge is -2.25. The number of hydrogen-bond donors (Lipinski definition) is 1. The minimum absolute atomic E-state index is 0.0483. The fourth-order valence-corrected chi connectivity index (χ4v) is 2.67. The molecule has 2 nitrogen and oxygen atoms in total. The first-order valence-corrected chi connectivity index (χ1v) is 7.60. The van der Waals surface area contributed by atoms with Gasteiger partial charge in [-0.05, 0) is 43.9 Å². The Labute approximate surface area is 127 Å². The van der Waals surface area contributed by atoms with Crippen molar-refractivity contribution in [1.82, 2.24) is 0 Å². The molecule has 0 bridgehead atoms. The maximum Gasteiger partial charge on any atom is 0.0978 e. The molecule has 0 aromatic heterocycles. The number of nitrogens with two attached hydrogens (primary N) is 1. The highest BCUT2D eigenvalue weighted by molar-refractivity contribution is 5.32. The summed E-state index contributed by atoms with van der Waals surface area (Å²) in [5.74, 6) is 0. The van der Waals surface area contributed by atoms with Gasteiger partial charge in [0.2, 0.25) is 0 Å². The molecule has 2 aromatic rings. The predicted octanol–water partition coefficient (Wildman–Crippen LogP) is 3.95. The number of rotatable bonds is 6. The van der Waals surface area contributed by atoms with E-state index in [9.17, 15) is 0 Å². The molecule has 2 rings (SSSR count). The SMILES string of the molecule is CCOC(c1ccccc1)C(N)Cc1cc(C)ccc1C. The molecule has 2 unspecified atom stereocenters. The number of benzene rings is 2. The monoisotopic (exact) mass is 283 g/mol. The van der Waals surface area contributed by atoms with Crippen molar-refractivity contribution in [2.75, 3.05) is 6.61 Å². The van der Waals surface area contributed by atoms with Gasteiger partial charge in [0.05, 0.1) is 6.10 Å². The fourth-order valence-electron chi connectivity index (χ4n) is 2.67. The number of ether oxygens (including phenoxy) is 1. The third-order valence-electron chi connectivity index (χ3n) is 3.82. The van der Waals surface area contributed by atoms with Crippen molar-refractivity contribution in [3.8, 4) is 0 Å². The van der Waals surface area contributed by atoms with Crippen LogP contribution in [0.5, 0.6) is 0 Å². The lowest BCUT2D eigenvalue weighted by molar-refractivity contribution is 0.0433. The molecule has 2 heteroatoms. The average Bonchev–Trinajstić information content (AvgIpc) is 2.49. The van der Waals surface area contributed by atoms with E-state index in [0.29, 0.717) is 6.61 Å². The van der Waals surface area contributed by atoms with Gasteiger partial charge in [-0.1, -0.05) is 54.1 Å². The van der Waals surface area contributed by atoms with Crippen LogP contribution in [0.3, 0.4) is 0 Å². The quantitative estimate of drug-likeness (QED) is 0.871. The van der Waals surface area contributed by atoms with E-state index in [0.717, 1.165) is 12.0 Å². The van der Waals surface area contributed by atoms with Gasteiger partial charge in [-0.2, -0.15) is 0 Å². The van der Waals surface area contributed by atoms with Crippen molar-refractivity contribution >= 4 is 0 Å². The second-order valence-corrected chi connectivity index (χ2v) is 5.58. The van der Waals surface area contributed by atoms with E-state index < -0.39 is 0 Å². The fraction of sp³-hybridized carbons (Fsp3) is 0.368. The molecule has 0 aliphatic rings. The molecular formula is C19H25NO.